The van der Waals surface area contributed by atoms with Crippen LogP contribution in [0.3, 0.4) is 0 Å². The summed E-state index contributed by atoms with van der Waals surface area (Å²) in [5, 5.41) is 0. The molecule has 1 unspecified atom stereocenters. The van der Waals surface area contributed by atoms with Crippen LogP contribution in [0.1, 0.15) is 278 Å². The summed E-state index contributed by atoms with van der Waals surface area (Å²) in [6, 6.07) is 0. The van der Waals surface area contributed by atoms with Gasteiger partial charge in [-0.25, -0.2) is 0 Å². The standard InChI is InChI=1S/C50H96O6/c1-5-8-10-12-13-14-23-27-30-34-37-41-48(51)54-44-47(56-50(53)43-39-32-11-9-6-2)45-55-49(52)42-38-35-31-28-25-22-20-18-16-15-17-19-21-24-26-29-33-36-40-46(4)7-3/h46-47H,5-45H2,1-4H3/t46?,47-/m0/s1. The number of carbonyl (C=O) groups is 3. The second kappa shape index (κ2) is 44.5. The molecular formula is C50H96O6. The highest BCUT2D eigenvalue weighted by Gasteiger charge is 2.19. The van der Waals surface area contributed by atoms with E-state index in [9.17, 15) is 14.4 Å². The van der Waals surface area contributed by atoms with E-state index in [0.29, 0.717) is 19.3 Å². The van der Waals surface area contributed by atoms with Crippen LogP contribution in [-0.4, -0.2) is 37.2 Å². The van der Waals surface area contributed by atoms with E-state index in [-0.39, 0.29) is 31.1 Å². The van der Waals surface area contributed by atoms with Crippen molar-refractivity contribution in [3.63, 3.8) is 0 Å². The molecule has 0 aliphatic carbocycles. The van der Waals surface area contributed by atoms with Gasteiger partial charge in [0.05, 0.1) is 0 Å². The van der Waals surface area contributed by atoms with Crippen molar-refractivity contribution in [1.29, 1.82) is 0 Å². The van der Waals surface area contributed by atoms with E-state index in [2.05, 4.69) is 27.7 Å². The average molecular weight is 793 g/mol. The molecule has 0 aliphatic heterocycles. The van der Waals surface area contributed by atoms with Crippen LogP contribution in [0, 0.1) is 5.92 Å². The van der Waals surface area contributed by atoms with Crippen LogP contribution in [0.2, 0.25) is 0 Å². The summed E-state index contributed by atoms with van der Waals surface area (Å²) in [6.45, 7) is 8.98. The molecule has 0 heterocycles. The van der Waals surface area contributed by atoms with Crippen LogP contribution in [0.15, 0.2) is 0 Å². The van der Waals surface area contributed by atoms with E-state index in [4.69, 9.17) is 14.2 Å². The van der Waals surface area contributed by atoms with Crippen LogP contribution in [0.4, 0.5) is 0 Å². The minimum atomic E-state index is -0.757. The Morgan fingerprint density at radius 3 is 0.929 bits per heavy atom. The zero-order valence-corrected chi connectivity index (χ0v) is 38.1. The summed E-state index contributed by atoms with van der Waals surface area (Å²) >= 11 is 0. The first-order valence-corrected chi connectivity index (χ1v) is 24.9. The molecule has 0 aliphatic rings. The predicted octanol–water partition coefficient (Wildman–Crippen LogP) is 15.9. The van der Waals surface area contributed by atoms with Gasteiger partial charge in [0.15, 0.2) is 6.10 Å². The smallest absolute Gasteiger partial charge is 0.306 e. The monoisotopic (exact) mass is 793 g/mol. The highest BCUT2D eigenvalue weighted by atomic mass is 16.6. The van der Waals surface area contributed by atoms with Gasteiger partial charge in [0.1, 0.15) is 13.2 Å². The number of hydrogen-bond donors (Lipinski definition) is 0. The van der Waals surface area contributed by atoms with Gasteiger partial charge in [0.25, 0.3) is 0 Å². The lowest BCUT2D eigenvalue weighted by molar-refractivity contribution is -0.167. The quantitative estimate of drug-likeness (QED) is 0.0347. The summed E-state index contributed by atoms with van der Waals surface area (Å²) in [5.74, 6) is 0.0453. The van der Waals surface area contributed by atoms with Crippen molar-refractivity contribution in [3.05, 3.63) is 0 Å². The van der Waals surface area contributed by atoms with Gasteiger partial charge in [-0.1, -0.05) is 240 Å². The van der Waals surface area contributed by atoms with Crippen molar-refractivity contribution in [1.82, 2.24) is 0 Å². The highest BCUT2D eigenvalue weighted by Crippen LogP contribution is 2.17. The number of esters is 3. The molecule has 56 heavy (non-hydrogen) atoms. The van der Waals surface area contributed by atoms with Crippen LogP contribution < -0.4 is 0 Å². The molecule has 0 fully saturated rings. The zero-order valence-electron chi connectivity index (χ0n) is 38.1. The second-order valence-electron chi connectivity index (χ2n) is 17.3. The number of unbranched alkanes of at least 4 members (excludes halogenated alkanes) is 31. The maximum absolute atomic E-state index is 12.5. The Balaban J connectivity index is 3.99. The Hall–Kier alpha value is -1.59. The average Bonchev–Trinajstić information content (AvgIpc) is 3.19. The summed E-state index contributed by atoms with van der Waals surface area (Å²) < 4.78 is 16.6. The second-order valence-corrected chi connectivity index (χ2v) is 17.3. The Morgan fingerprint density at radius 1 is 0.357 bits per heavy atom. The van der Waals surface area contributed by atoms with Gasteiger partial charge in [0.2, 0.25) is 0 Å². The summed E-state index contributed by atoms with van der Waals surface area (Å²) in [4.78, 5) is 37.5. The SMILES string of the molecule is CCCCCCCCCCCCCC(=O)OC[C@@H](COC(=O)CCCCCCCCCCCCCCCCCCCCC(C)CC)OC(=O)CCCCCCC. The van der Waals surface area contributed by atoms with Crippen molar-refractivity contribution in [2.45, 2.75) is 284 Å². The lowest BCUT2D eigenvalue weighted by Gasteiger charge is -2.18. The molecule has 0 aromatic rings. The first kappa shape index (κ1) is 54.4. The third-order valence-electron chi connectivity index (χ3n) is 11.7. The first-order valence-electron chi connectivity index (χ1n) is 24.9. The van der Waals surface area contributed by atoms with Crippen LogP contribution in [-0.2, 0) is 28.6 Å². The van der Waals surface area contributed by atoms with Crippen molar-refractivity contribution < 1.29 is 28.6 Å². The molecule has 6 nitrogen and oxygen atoms in total. The Morgan fingerprint density at radius 2 is 0.625 bits per heavy atom. The van der Waals surface area contributed by atoms with Crippen molar-refractivity contribution in [3.8, 4) is 0 Å². The minimum Gasteiger partial charge on any atom is -0.462 e. The molecule has 0 saturated heterocycles. The van der Waals surface area contributed by atoms with Crippen LogP contribution in [0.5, 0.6) is 0 Å². The van der Waals surface area contributed by atoms with Gasteiger partial charge >= 0.3 is 17.9 Å². The van der Waals surface area contributed by atoms with E-state index in [1.807, 2.05) is 0 Å². The molecule has 2 atom stereocenters. The van der Waals surface area contributed by atoms with Gasteiger partial charge in [-0.05, 0) is 25.2 Å². The molecule has 0 N–H and O–H groups in total. The molecule has 6 heteroatoms. The lowest BCUT2D eigenvalue weighted by atomic mass is 9.99. The topological polar surface area (TPSA) is 78.9 Å². The van der Waals surface area contributed by atoms with E-state index in [1.54, 1.807) is 0 Å². The molecule has 0 aromatic carbocycles. The summed E-state index contributed by atoms with van der Waals surface area (Å²) in [5.41, 5.74) is 0. The number of rotatable bonds is 45. The molecule has 0 radical (unpaired) electrons. The van der Waals surface area contributed by atoms with E-state index >= 15 is 0 Å². The van der Waals surface area contributed by atoms with Crippen molar-refractivity contribution in [2.24, 2.45) is 5.92 Å². The van der Waals surface area contributed by atoms with Gasteiger partial charge in [-0.15, -0.1) is 0 Å². The van der Waals surface area contributed by atoms with Crippen molar-refractivity contribution >= 4 is 17.9 Å². The first-order chi connectivity index (χ1) is 27.4. The number of hydrogen-bond acceptors (Lipinski definition) is 6. The van der Waals surface area contributed by atoms with Gasteiger partial charge in [-0.3, -0.25) is 14.4 Å². The van der Waals surface area contributed by atoms with Crippen LogP contribution >= 0.6 is 0 Å². The minimum absolute atomic E-state index is 0.0646. The van der Waals surface area contributed by atoms with Gasteiger partial charge in [0, 0.05) is 19.3 Å². The molecule has 0 aromatic heterocycles. The normalized spacial score (nSPS) is 12.4. The lowest BCUT2D eigenvalue weighted by Crippen LogP contribution is -2.30. The Labute approximate surface area is 348 Å². The maximum atomic E-state index is 12.5. The highest BCUT2D eigenvalue weighted by molar-refractivity contribution is 5.71. The molecule has 0 amide bonds. The molecule has 0 rings (SSSR count). The fourth-order valence-corrected chi connectivity index (χ4v) is 7.48. The molecule has 0 saturated carbocycles. The van der Waals surface area contributed by atoms with E-state index < -0.39 is 6.10 Å². The Kier molecular flexibility index (Phi) is 43.2. The third kappa shape index (κ3) is 42.0. The summed E-state index contributed by atoms with van der Waals surface area (Å²) in [7, 11) is 0. The van der Waals surface area contributed by atoms with Gasteiger partial charge < -0.3 is 14.2 Å². The third-order valence-corrected chi connectivity index (χ3v) is 11.7. The molecule has 332 valence electrons. The molecular weight excluding hydrogens is 697 g/mol. The zero-order chi connectivity index (χ0) is 41.0. The molecule has 0 bridgehead atoms. The Bertz CT molecular complexity index is 843. The summed E-state index contributed by atoms with van der Waals surface area (Å²) in [6.07, 6.45) is 45.5. The van der Waals surface area contributed by atoms with Crippen molar-refractivity contribution in [2.75, 3.05) is 13.2 Å². The van der Waals surface area contributed by atoms with E-state index in [0.717, 1.165) is 70.1 Å². The number of carbonyl (C=O) groups excluding carboxylic acids is 3. The predicted molar refractivity (Wildman–Crippen MR) is 238 cm³/mol. The molecule has 0 spiro atoms. The number of ether oxygens (including phenoxy) is 3. The van der Waals surface area contributed by atoms with E-state index in [1.165, 1.54) is 167 Å². The maximum Gasteiger partial charge on any atom is 0.306 e. The fourth-order valence-electron chi connectivity index (χ4n) is 7.48. The van der Waals surface area contributed by atoms with Gasteiger partial charge in [-0.2, -0.15) is 0 Å². The fraction of sp³-hybridized carbons (Fsp3) is 0.940. The largest absolute Gasteiger partial charge is 0.462 e. The van der Waals surface area contributed by atoms with Crippen LogP contribution in [0.25, 0.3) is 0 Å².